The Labute approximate surface area is 90.1 Å². The molecule has 1 aliphatic heterocycles. The van der Waals surface area contributed by atoms with Crippen LogP contribution in [0.4, 0.5) is 5.82 Å². The minimum atomic E-state index is 0.342. The van der Waals surface area contributed by atoms with Gasteiger partial charge in [-0.3, -0.25) is 0 Å². The zero-order valence-electron chi connectivity index (χ0n) is 9.07. The molecule has 4 heteroatoms. The summed E-state index contributed by atoms with van der Waals surface area (Å²) in [5, 5.41) is 3.28. The molecule has 1 aliphatic rings. The number of nitrogens with zero attached hydrogens (tertiary/aromatic N) is 2. The predicted octanol–water partition coefficient (Wildman–Crippen LogP) is 1.77. The lowest BCUT2D eigenvalue weighted by atomic mass is 10.1. The maximum absolute atomic E-state index is 5.62. The third kappa shape index (κ3) is 3.16. The van der Waals surface area contributed by atoms with Crippen molar-refractivity contribution in [3.63, 3.8) is 0 Å². The van der Waals surface area contributed by atoms with Crippen molar-refractivity contribution in [1.29, 1.82) is 0 Å². The molecule has 1 unspecified atom stereocenters. The third-order valence-electron chi connectivity index (χ3n) is 2.59. The summed E-state index contributed by atoms with van der Waals surface area (Å²) in [5.74, 6) is 0.886. The van der Waals surface area contributed by atoms with E-state index in [0.29, 0.717) is 6.10 Å². The molecule has 0 saturated carbocycles. The maximum Gasteiger partial charge on any atom is 0.129 e. The second-order valence-corrected chi connectivity index (χ2v) is 3.91. The van der Waals surface area contributed by atoms with Gasteiger partial charge in [0.05, 0.1) is 6.10 Å². The SMILES string of the molecule is Cc1cc(NCC2CCCCO2)ncn1. The van der Waals surface area contributed by atoms with Crippen molar-refractivity contribution >= 4 is 5.82 Å². The normalized spacial score (nSPS) is 21.3. The molecule has 1 saturated heterocycles. The summed E-state index contributed by atoms with van der Waals surface area (Å²) in [4.78, 5) is 8.20. The van der Waals surface area contributed by atoms with Crippen LogP contribution in [-0.4, -0.2) is 29.2 Å². The van der Waals surface area contributed by atoms with Crippen LogP contribution in [-0.2, 0) is 4.74 Å². The highest BCUT2D eigenvalue weighted by molar-refractivity contribution is 5.34. The molecule has 1 aromatic heterocycles. The van der Waals surface area contributed by atoms with Crippen molar-refractivity contribution < 1.29 is 4.74 Å². The van der Waals surface area contributed by atoms with Gasteiger partial charge in [-0.1, -0.05) is 0 Å². The molecule has 0 aliphatic carbocycles. The first-order chi connectivity index (χ1) is 7.34. The number of anilines is 1. The summed E-state index contributed by atoms with van der Waals surface area (Å²) in [7, 11) is 0. The predicted molar refractivity (Wildman–Crippen MR) is 58.8 cm³/mol. The van der Waals surface area contributed by atoms with E-state index in [9.17, 15) is 0 Å². The zero-order valence-corrected chi connectivity index (χ0v) is 9.07. The first-order valence-electron chi connectivity index (χ1n) is 5.49. The highest BCUT2D eigenvalue weighted by Crippen LogP contribution is 2.13. The molecule has 2 rings (SSSR count). The molecule has 82 valence electrons. The lowest BCUT2D eigenvalue weighted by Gasteiger charge is -2.22. The summed E-state index contributed by atoms with van der Waals surface area (Å²) < 4.78 is 5.62. The van der Waals surface area contributed by atoms with Gasteiger partial charge in [-0.15, -0.1) is 0 Å². The van der Waals surface area contributed by atoms with E-state index in [1.54, 1.807) is 6.33 Å². The van der Waals surface area contributed by atoms with Gasteiger partial charge < -0.3 is 10.1 Å². The molecule has 1 fully saturated rings. The monoisotopic (exact) mass is 207 g/mol. The third-order valence-corrected chi connectivity index (χ3v) is 2.59. The van der Waals surface area contributed by atoms with Gasteiger partial charge in [0, 0.05) is 24.9 Å². The van der Waals surface area contributed by atoms with Crippen molar-refractivity contribution in [2.75, 3.05) is 18.5 Å². The number of aryl methyl sites for hydroxylation is 1. The molecule has 0 bridgehead atoms. The van der Waals surface area contributed by atoms with E-state index in [-0.39, 0.29) is 0 Å². The molecular formula is C11H17N3O. The van der Waals surface area contributed by atoms with Gasteiger partial charge in [0.1, 0.15) is 12.1 Å². The van der Waals surface area contributed by atoms with E-state index in [4.69, 9.17) is 4.74 Å². The zero-order chi connectivity index (χ0) is 10.5. The molecule has 0 amide bonds. The minimum absolute atomic E-state index is 0.342. The van der Waals surface area contributed by atoms with Gasteiger partial charge in [0.2, 0.25) is 0 Å². The fourth-order valence-electron chi connectivity index (χ4n) is 1.74. The highest BCUT2D eigenvalue weighted by atomic mass is 16.5. The minimum Gasteiger partial charge on any atom is -0.376 e. The van der Waals surface area contributed by atoms with Crippen LogP contribution < -0.4 is 5.32 Å². The molecule has 0 radical (unpaired) electrons. The Bertz CT molecular complexity index is 310. The van der Waals surface area contributed by atoms with E-state index in [0.717, 1.165) is 31.1 Å². The highest BCUT2D eigenvalue weighted by Gasteiger charge is 2.13. The number of nitrogens with one attached hydrogen (secondary N) is 1. The molecule has 4 nitrogen and oxygen atoms in total. The maximum atomic E-state index is 5.62. The van der Waals surface area contributed by atoms with E-state index < -0.39 is 0 Å². The van der Waals surface area contributed by atoms with Crippen LogP contribution in [0, 0.1) is 6.92 Å². The number of hydrogen-bond donors (Lipinski definition) is 1. The number of ether oxygens (including phenoxy) is 1. The second-order valence-electron chi connectivity index (χ2n) is 3.91. The largest absolute Gasteiger partial charge is 0.376 e. The summed E-state index contributed by atoms with van der Waals surface area (Å²) >= 11 is 0. The van der Waals surface area contributed by atoms with Gasteiger partial charge in [-0.25, -0.2) is 9.97 Å². The van der Waals surface area contributed by atoms with Gasteiger partial charge >= 0.3 is 0 Å². The molecule has 0 spiro atoms. The Morgan fingerprint density at radius 3 is 3.13 bits per heavy atom. The molecule has 1 N–H and O–H groups in total. The van der Waals surface area contributed by atoms with Crippen LogP contribution in [0.3, 0.4) is 0 Å². The average Bonchev–Trinajstić information content (AvgIpc) is 2.28. The van der Waals surface area contributed by atoms with E-state index in [1.807, 2.05) is 13.0 Å². The topological polar surface area (TPSA) is 47.0 Å². The Morgan fingerprint density at radius 1 is 1.47 bits per heavy atom. The smallest absolute Gasteiger partial charge is 0.129 e. The van der Waals surface area contributed by atoms with Crippen LogP contribution in [0.25, 0.3) is 0 Å². The van der Waals surface area contributed by atoms with Gasteiger partial charge in [0.15, 0.2) is 0 Å². The fraction of sp³-hybridized carbons (Fsp3) is 0.636. The second kappa shape index (κ2) is 5.07. The first-order valence-corrected chi connectivity index (χ1v) is 5.49. The van der Waals surface area contributed by atoms with Crippen LogP contribution in [0.15, 0.2) is 12.4 Å². The summed E-state index contributed by atoms with van der Waals surface area (Å²) in [6.45, 7) is 3.70. The summed E-state index contributed by atoms with van der Waals surface area (Å²) in [5.41, 5.74) is 0.983. The Hall–Kier alpha value is -1.16. The van der Waals surface area contributed by atoms with E-state index in [2.05, 4.69) is 15.3 Å². The van der Waals surface area contributed by atoms with Crippen molar-refractivity contribution in [3.05, 3.63) is 18.1 Å². The van der Waals surface area contributed by atoms with Crippen LogP contribution in [0.2, 0.25) is 0 Å². The fourth-order valence-corrected chi connectivity index (χ4v) is 1.74. The number of hydrogen-bond acceptors (Lipinski definition) is 4. The Kier molecular flexibility index (Phi) is 3.50. The van der Waals surface area contributed by atoms with E-state index >= 15 is 0 Å². The van der Waals surface area contributed by atoms with Crippen LogP contribution >= 0.6 is 0 Å². The number of aromatic nitrogens is 2. The van der Waals surface area contributed by atoms with E-state index in [1.165, 1.54) is 12.8 Å². The van der Waals surface area contributed by atoms with Gasteiger partial charge in [0.25, 0.3) is 0 Å². The van der Waals surface area contributed by atoms with Crippen molar-refractivity contribution in [1.82, 2.24) is 9.97 Å². The Balaban J connectivity index is 1.81. The molecule has 1 aromatic rings. The van der Waals surface area contributed by atoms with Gasteiger partial charge in [-0.05, 0) is 26.2 Å². The Morgan fingerprint density at radius 2 is 2.40 bits per heavy atom. The standard InChI is InChI=1S/C11H17N3O/c1-9-6-11(14-8-13-9)12-7-10-4-2-3-5-15-10/h6,8,10H,2-5,7H2,1H3,(H,12,13,14). The molecule has 2 heterocycles. The van der Waals surface area contributed by atoms with Crippen LogP contribution in [0.5, 0.6) is 0 Å². The molecule has 1 atom stereocenters. The van der Waals surface area contributed by atoms with Crippen molar-refractivity contribution in [3.8, 4) is 0 Å². The molecule has 0 aromatic carbocycles. The summed E-state index contributed by atoms with van der Waals surface area (Å²) in [6, 6.07) is 1.95. The van der Waals surface area contributed by atoms with Gasteiger partial charge in [-0.2, -0.15) is 0 Å². The quantitative estimate of drug-likeness (QED) is 0.820. The molecular weight excluding hydrogens is 190 g/mol. The van der Waals surface area contributed by atoms with Crippen molar-refractivity contribution in [2.45, 2.75) is 32.3 Å². The molecule has 15 heavy (non-hydrogen) atoms. The number of rotatable bonds is 3. The first kappa shape index (κ1) is 10.4. The summed E-state index contributed by atoms with van der Waals surface area (Å²) in [6.07, 6.45) is 5.54. The average molecular weight is 207 g/mol. The van der Waals surface area contributed by atoms with Crippen LogP contribution in [0.1, 0.15) is 25.0 Å². The lowest BCUT2D eigenvalue weighted by Crippen LogP contribution is -2.27. The van der Waals surface area contributed by atoms with Crippen molar-refractivity contribution in [2.24, 2.45) is 0 Å². The lowest BCUT2D eigenvalue weighted by molar-refractivity contribution is 0.0247.